The number of halogens is 1. The fraction of sp³-hybridized carbons (Fsp3) is 0.111. The van der Waals surface area contributed by atoms with E-state index in [0.29, 0.717) is 22.5 Å². The average Bonchev–Trinajstić information content (AvgIpc) is 3.19. The number of carbonyl (C=O) groups excluding carboxylic acids is 1. The molecule has 9 heteroatoms. The summed E-state index contributed by atoms with van der Waals surface area (Å²) < 4.78 is 3.71. The van der Waals surface area contributed by atoms with Gasteiger partial charge < -0.3 is 10.4 Å². The first kappa shape index (κ1) is 17.4. The van der Waals surface area contributed by atoms with Gasteiger partial charge in [-0.1, -0.05) is 23.7 Å². The minimum absolute atomic E-state index is 0.128. The minimum Gasteiger partial charge on any atom is -0.474 e. The van der Waals surface area contributed by atoms with Crippen LogP contribution in [0.2, 0.25) is 4.47 Å². The number of hydrogen-bond acceptors (Lipinski definition) is 5. The first-order valence-electron chi connectivity index (χ1n) is 8.09. The van der Waals surface area contributed by atoms with E-state index >= 15 is 0 Å². The van der Waals surface area contributed by atoms with Crippen LogP contribution in [-0.2, 0) is 6.54 Å². The lowest BCUT2D eigenvalue weighted by molar-refractivity contribution is -0.667. The van der Waals surface area contributed by atoms with Gasteiger partial charge >= 0.3 is 11.8 Å². The molecule has 4 aromatic heterocycles. The number of carbonyl (C=O) groups is 1. The number of pyridine rings is 2. The van der Waals surface area contributed by atoms with Gasteiger partial charge in [0.2, 0.25) is 0 Å². The van der Waals surface area contributed by atoms with E-state index in [0.717, 1.165) is 10.4 Å². The summed E-state index contributed by atoms with van der Waals surface area (Å²) in [6.45, 7) is 2.26. The number of thiazole rings is 1. The number of rotatable bonds is 4. The Labute approximate surface area is 163 Å². The average molecular weight is 401 g/mol. The highest BCUT2D eigenvalue weighted by molar-refractivity contribution is 7.15. The van der Waals surface area contributed by atoms with Crippen molar-refractivity contribution in [1.29, 1.82) is 0 Å². The first-order valence-corrected chi connectivity index (χ1v) is 9.28. The molecule has 27 heavy (non-hydrogen) atoms. The summed E-state index contributed by atoms with van der Waals surface area (Å²) in [4.78, 5) is 21.9. The molecule has 0 bridgehead atoms. The number of hydrogen-bond donors (Lipinski definition) is 2. The van der Waals surface area contributed by atoms with Gasteiger partial charge in [-0.3, -0.25) is 4.79 Å². The molecule has 0 saturated heterocycles. The highest BCUT2D eigenvalue weighted by Crippen LogP contribution is 2.22. The fourth-order valence-corrected chi connectivity index (χ4v) is 3.75. The molecule has 0 unspecified atom stereocenters. The van der Waals surface area contributed by atoms with Crippen molar-refractivity contribution in [2.24, 2.45) is 0 Å². The molecule has 0 radical (unpaired) electrons. The molecule has 0 aliphatic carbocycles. The van der Waals surface area contributed by atoms with Crippen LogP contribution in [0.1, 0.15) is 20.9 Å². The lowest BCUT2D eigenvalue weighted by Gasteiger charge is -2.02. The molecule has 0 aliphatic rings. The van der Waals surface area contributed by atoms with Crippen LogP contribution in [-0.4, -0.2) is 25.4 Å². The normalized spacial score (nSPS) is 11.0. The largest absolute Gasteiger partial charge is 0.474 e. The zero-order valence-corrected chi connectivity index (χ0v) is 15.8. The maximum Gasteiger partial charge on any atom is 0.337 e. The SMILES string of the molecule is Cc1ccc(NC(=O)c2c(O)[n+](Cc3cnc(Cl)s3)c3ccccn23)nc1. The van der Waals surface area contributed by atoms with Crippen LogP contribution in [0.5, 0.6) is 5.88 Å². The molecule has 4 rings (SSSR count). The number of nitrogens with one attached hydrogen (secondary N) is 1. The molecule has 0 aromatic carbocycles. The molecular weight excluding hydrogens is 386 g/mol. The topological polar surface area (TPSA) is 83.4 Å². The summed E-state index contributed by atoms with van der Waals surface area (Å²) in [6, 6.07) is 9.03. The van der Waals surface area contributed by atoms with E-state index in [1.807, 2.05) is 25.1 Å². The van der Waals surface area contributed by atoms with Crippen LogP contribution in [0, 0.1) is 6.92 Å². The summed E-state index contributed by atoms with van der Waals surface area (Å²) in [5, 5.41) is 13.5. The Morgan fingerprint density at radius 1 is 1.30 bits per heavy atom. The molecule has 0 saturated carbocycles. The molecule has 1 amide bonds. The third kappa shape index (κ3) is 3.36. The number of imidazole rings is 1. The zero-order chi connectivity index (χ0) is 19.0. The number of fused-ring (bicyclic) bond motifs is 1. The molecule has 7 nitrogen and oxygen atoms in total. The number of aromatic nitrogens is 4. The molecule has 0 spiro atoms. The number of anilines is 1. The predicted molar refractivity (Wildman–Crippen MR) is 102 cm³/mol. The van der Waals surface area contributed by atoms with Gasteiger partial charge in [-0.15, -0.1) is 11.3 Å². The van der Waals surface area contributed by atoms with Crippen LogP contribution in [0.15, 0.2) is 48.9 Å². The quantitative estimate of drug-likeness (QED) is 0.516. The minimum atomic E-state index is -0.453. The molecule has 2 N–H and O–H groups in total. The Morgan fingerprint density at radius 2 is 2.15 bits per heavy atom. The molecule has 4 aromatic rings. The Kier molecular flexibility index (Phi) is 4.51. The third-order valence-electron chi connectivity index (χ3n) is 4.03. The molecule has 0 fully saturated rings. The van der Waals surface area contributed by atoms with E-state index in [9.17, 15) is 9.90 Å². The number of amides is 1. The van der Waals surface area contributed by atoms with Crippen LogP contribution in [0.25, 0.3) is 5.65 Å². The summed E-state index contributed by atoms with van der Waals surface area (Å²) in [7, 11) is 0. The number of aryl methyl sites for hydroxylation is 1. The number of aromatic hydroxyl groups is 1. The molecular formula is C18H15ClN5O2S+. The highest BCUT2D eigenvalue weighted by Gasteiger charge is 2.31. The Bertz CT molecular complexity index is 1140. The van der Waals surface area contributed by atoms with Gasteiger partial charge in [0.1, 0.15) is 12.4 Å². The first-order chi connectivity index (χ1) is 13.0. The summed E-state index contributed by atoms with van der Waals surface area (Å²) in [6.07, 6.45) is 5.05. The van der Waals surface area contributed by atoms with Gasteiger partial charge in [0.25, 0.3) is 11.3 Å². The van der Waals surface area contributed by atoms with Crippen LogP contribution < -0.4 is 9.88 Å². The van der Waals surface area contributed by atoms with Gasteiger partial charge in [-0.05, 0) is 24.6 Å². The smallest absolute Gasteiger partial charge is 0.337 e. The zero-order valence-electron chi connectivity index (χ0n) is 14.3. The lowest BCUT2D eigenvalue weighted by Crippen LogP contribution is -2.33. The maximum absolute atomic E-state index is 12.8. The van der Waals surface area contributed by atoms with Crippen molar-refractivity contribution in [2.75, 3.05) is 5.32 Å². The van der Waals surface area contributed by atoms with Crippen molar-refractivity contribution in [2.45, 2.75) is 13.5 Å². The Balaban J connectivity index is 1.75. The van der Waals surface area contributed by atoms with Crippen LogP contribution >= 0.6 is 22.9 Å². The maximum atomic E-state index is 12.8. The third-order valence-corrected chi connectivity index (χ3v) is 5.13. The van der Waals surface area contributed by atoms with E-state index in [-0.39, 0.29) is 11.6 Å². The van der Waals surface area contributed by atoms with Crippen LogP contribution in [0.4, 0.5) is 5.82 Å². The summed E-state index contributed by atoms with van der Waals surface area (Å²) >= 11 is 7.23. The van der Waals surface area contributed by atoms with Crippen molar-refractivity contribution in [3.05, 3.63) is 69.5 Å². The van der Waals surface area contributed by atoms with E-state index in [1.54, 1.807) is 39.7 Å². The summed E-state index contributed by atoms with van der Waals surface area (Å²) in [5.41, 5.74) is 1.79. The Morgan fingerprint density at radius 3 is 2.85 bits per heavy atom. The summed E-state index contributed by atoms with van der Waals surface area (Å²) in [5.74, 6) is -0.182. The molecule has 136 valence electrons. The molecule has 4 heterocycles. The second-order valence-corrected chi connectivity index (χ2v) is 7.64. The molecule has 0 atom stereocenters. The predicted octanol–water partition coefficient (Wildman–Crippen LogP) is 3.05. The van der Waals surface area contributed by atoms with Crippen molar-refractivity contribution < 1.29 is 14.5 Å². The van der Waals surface area contributed by atoms with E-state index in [2.05, 4.69) is 15.3 Å². The second-order valence-electron chi connectivity index (χ2n) is 5.94. The van der Waals surface area contributed by atoms with Gasteiger partial charge in [0, 0.05) is 18.5 Å². The lowest BCUT2D eigenvalue weighted by atomic mass is 10.3. The van der Waals surface area contributed by atoms with Crippen molar-refractivity contribution >= 4 is 40.3 Å². The van der Waals surface area contributed by atoms with Gasteiger partial charge in [0.15, 0.2) is 4.47 Å². The van der Waals surface area contributed by atoms with Crippen LogP contribution in [0.3, 0.4) is 0 Å². The van der Waals surface area contributed by atoms with E-state index in [1.165, 1.54) is 11.3 Å². The number of nitrogens with zero attached hydrogens (tertiary/aromatic N) is 4. The van der Waals surface area contributed by atoms with E-state index in [4.69, 9.17) is 11.6 Å². The van der Waals surface area contributed by atoms with Crippen molar-refractivity contribution in [3.63, 3.8) is 0 Å². The van der Waals surface area contributed by atoms with Gasteiger partial charge in [-0.25, -0.2) is 9.97 Å². The standard InChI is InChI=1S/C18H14ClN5O2S/c1-11-5-6-13(20-8-11)22-16(25)15-17(26)24(10-12-9-21-18(19)27-12)14-4-2-3-7-23(14)15/h2-9H,10H2,1H3,(H-,20,22,25,26)/p+1. The van der Waals surface area contributed by atoms with Gasteiger partial charge in [0.05, 0.1) is 11.1 Å². The van der Waals surface area contributed by atoms with E-state index < -0.39 is 5.91 Å². The van der Waals surface area contributed by atoms with Gasteiger partial charge in [-0.2, -0.15) is 8.97 Å². The molecule has 0 aliphatic heterocycles. The van der Waals surface area contributed by atoms with Crippen molar-refractivity contribution in [1.82, 2.24) is 14.4 Å². The monoisotopic (exact) mass is 400 g/mol. The van der Waals surface area contributed by atoms with Crippen molar-refractivity contribution in [3.8, 4) is 5.88 Å². The second kappa shape index (κ2) is 6.98. The Hall–Kier alpha value is -2.97. The fourth-order valence-electron chi connectivity index (χ4n) is 2.78. The highest BCUT2D eigenvalue weighted by atomic mass is 35.5.